The summed E-state index contributed by atoms with van der Waals surface area (Å²) in [4.78, 5) is 15.6. The highest BCUT2D eigenvalue weighted by Crippen LogP contribution is 2.55. The largest absolute Gasteiger partial charge is 0.478 e. The highest BCUT2D eigenvalue weighted by atomic mass is 19.4. The van der Waals surface area contributed by atoms with E-state index in [0.717, 1.165) is 22.8 Å². The molecule has 0 aliphatic heterocycles. The zero-order valence-corrected chi connectivity index (χ0v) is 21.2. The van der Waals surface area contributed by atoms with Crippen molar-refractivity contribution >= 4 is 22.4 Å². The first kappa shape index (κ1) is 25.1. The molecule has 1 atom stereocenters. The molecule has 41 heavy (non-hydrogen) atoms. The van der Waals surface area contributed by atoms with Crippen LogP contribution in [0.3, 0.4) is 0 Å². The third kappa shape index (κ3) is 4.16. The van der Waals surface area contributed by atoms with Gasteiger partial charge in [-0.05, 0) is 53.5 Å². The van der Waals surface area contributed by atoms with Crippen molar-refractivity contribution in [2.24, 2.45) is 5.92 Å². The van der Waals surface area contributed by atoms with Crippen LogP contribution in [0, 0.1) is 11.7 Å². The van der Waals surface area contributed by atoms with Gasteiger partial charge in [-0.1, -0.05) is 36.4 Å². The Morgan fingerprint density at radius 2 is 1.76 bits per heavy atom. The van der Waals surface area contributed by atoms with Crippen LogP contribution in [0.1, 0.15) is 22.3 Å². The van der Waals surface area contributed by atoms with E-state index in [0.29, 0.717) is 34.1 Å². The standard InChI is InChI=1S/C32H20F4N2O3/c33-26-13-27-21(11-18(26)16-41-28-12-17-10-22-29(23(17)14-37-28)30(22)31(39)40)24(15-38(27)19-6-2-1-3-7-19)20-8-4-5-9-25(20)32(34,35)36/h1-9,11-15,22H,10,16H2,(H,39,40). The second kappa shape index (κ2) is 9.05. The molecule has 0 bridgehead atoms. The van der Waals surface area contributed by atoms with E-state index in [1.165, 1.54) is 24.3 Å². The molecule has 3 aromatic carbocycles. The van der Waals surface area contributed by atoms with E-state index in [1.807, 2.05) is 6.07 Å². The first-order valence-electron chi connectivity index (χ1n) is 12.9. The normalized spacial score (nSPS) is 15.7. The molecule has 204 valence electrons. The third-order valence-corrected chi connectivity index (χ3v) is 7.72. The minimum atomic E-state index is -4.58. The Bertz CT molecular complexity index is 1910. The molecule has 0 saturated carbocycles. The van der Waals surface area contributed by atoms with Crippen molar-refractivity contribution in [3.05, 3.63) is 119 Å². The van der Waals surface area contributed by atoms with Crippen LogP contribution in [0.4, 0.5) is 17.6 Å². The molecule has 5 nitrogen and oxygen atoms in total. The zero-order valence-electron chi connectivity index (χ0n) is 21.2. The Labute approximate surface area is 231 Å². The van der Waals surface area contributed by atoms with Gasteiger partial charge < -0.3 is 14.4 Å². The average Bonchev–Trinajstić information content (AvgIpc) is 3.37. The smallest absolute Gasteiger partial charge is 0.417 e. The van der Waals surface area contributed by atoms with Gasteiger partial charge in [-0.2, -0.15) is 13.2 Å². The van der Waals surface area contributed by atoms with Gasteiger partial charge in [0.05, 0.1) is 11.1 Å². The molecule has 2 aliphatic carbocycles. The van der Waals surface area contributed by atoms with Crippen LogP contribution >= 0.6 is 0 Å². The number of benzene rings is 3. The van der Waals surface area contributed by atoms with Crippen molar-refractivity contribution in [1.82, 2.24) is 9.55 Å². The predicted octanol–water partition coefficient (Wildman–Crippen LogP) is 7.45. The van der Waals surface area contributed by atoms with Gasteiger partial charge in [0.15, 0.2) is 0 Å². The molecular formula is C32H20F4N2O3. The van der Waals surface area contributed by atoms with Gasteiger partial charge in [-0.15, -0.1) is 0 Å². The molecule has 1 N–H and O–H groups in total. The minimum absolute atomic E-state index is 0.00736. The number of allylic oxidation sites excluding steroid dienone is 1. The van der Waals surface area contributed by atoms with E-state index in [-0.39, 0.29) is 29.5 Å². The van der Waals surface area contributed by atoms with Crippen LogP contribution in [-0.4, -0.2) is 20.6 Å². The van der Waals surface area contributed by atoms with Crippen LogP contribution in [0.15, 0.2) is 90.8 Å². The molecular weight excluding hydrogens is 536 g/mol. The van der Waals surface area contributed by atoms with Crippen molar-refractivity contribution in [3.63, 3.8) is 0 Å². The molecule has 7 rings (SSSR count). The summed E-state index contributed by atoms with van der Waals surface area (Å²) in [5.41, 5.74) is 3.73. The predicted molar refractivity (Wildman–Crippen MR) is 144 cm³/mol. The van der Waals surface area contributed by atoms with Crippen molar-refractivity contribution < 1.29 is 32.2 Å². The number of carboxylic acid groups (broad SMARTS) is 1. The summed E-state index contributed by atoms with van der Waals surface area (Å²) in [6.45, 7) is -0.197. The van der Waals surface area contributed by atoms with Crippen LogP contribution in [0.5, 0.6) is 5.88 Å². The zero-order chi connectivity index (χ0) is 28.5. The van der Waals surface area contributed by atoms with Crippen LogP contribution in [0.25, 0.3) is 33.3 Å². The summed E-state index contributed by atoms with van der Waals surface area (Å²) in [5.74, 6) is -1.32. The van der Waals surface area contributed by atoms with Gasteiger partial charge in [0, 0.05) is 57.7 Å². The first-order valence-corrected chi connectivity index (χ1v) is 12.9. The van der Waals surface area contributed by atoms with Gasteiger partial charge in [0.2, 0.25) is 5.88 Å². The van der Waals surface area contributed by atoms with Crippen molar-refractivity contribution in [1.29, 1.82) is 0 Å². The fraction of sp³-hybridized carbons (Fsp3) is 0.125. The van der Waals surface area contributed by atoms with Crippen molar-refractivity contribution in [2.45, 2.75) is 19.2 Å². The highest BCUT2D eigenvalue weighted by Gasteiger charge is 2.47. The number of pyridine rings is 1. The number of carbonyl (C=O) groups is 1. The molecule has 0 fully saturated rings. The highest BCUT2D eigenvalue weighted by molar-refractivity contribution is 6.11. The maximum Gasteiger partial charge on any atom is 0.417 e. The number of hydrogen-bond acceptors (Lipinski definition) is 3. The molecule has 2 aliphatic rings. The first-order chi connectivity index (χ1) is 19.7. The number of hydrogen-bond donors (Lipinski definition) is 1. The second-order valence-electron chi connectivity index (χ2n) is 10.1. The second-order valence-corrected chi connectivity index (χ2v) is 10.1. The number of ether oxygens (including phenoxy) is 1. The number of carboxylic acids is 1. The third-order valence-electron chi connectivity index (χ3n) is 7.72. The summed E-state index contributed by atoms with van der Waals surface area (Å²) in [6.07, 6.45) is -0.852. The number of para-hydroxylation sites is 1. The number of fused-ring (bicyclic) bond motifs is 4. The SMILES string of the molecule is O=C(O)C1=C2c3cnc(OCc4cc5c(-c6ccccc6C(F)(F)F)cn(-c6ccccc6)c5cc4F)cc3CC12. The van der Waals surface area contributed by atoms with E-state index in [4.69, 9.17) is 4.74 Å². The monoisotopic (exact) mass is 556 g/mol. The lowest BCUT2D eigenvalue weighted by Crippen LogP contribution is -2.06. The van der Waals surface area contributed by atoms with E-state index in [2.05, 4.69) is 4.98 Å². The Kier molecular flexibility index (Phi) is 5.54. The maximum atomic E-state index is 15.4. The van der Waals surface area contributed by atoms with Crippen LogP contribution in [0.2, 0.25) is 0 Å². The molecule has 2 aromatic heterocycles. The van der Waals surface area contributed by atoms with Crippen LogP contribution < -0.4 is 4.74 Å². The number of halogens is 4. The van der Waals surface area contributed by atoms with E-state index < -0.39 is 23.5 Å². The molecule has 0 spiro atoms. The minimum Gasteiger partial charge on any atom is -0.478 e. The Balaban J connectivity index is 1.28. The molecule has 0 saturated heterocycles. The molecule has 9 heteroatoms. The molecule has 1 unspecified atom stereocenters. The average molecular weight is 557 g/mol. The Morgan fingerprint density at radius 1 is 1.00 bits per heavy atom. The van der Waals surface area contributed by atoms with E-state index in [9.17, 15) is 23.1 Å². The number of rotatable bonds is 6. The summed E-state index contributed by atoms with van der Waals surface area (Å²) in [6, 6.07) is 18.9. The molecule has 0 radical (unpaired) electrons. The molecule has 5 aromatic rings. The fourth-order valence-electron chi connectivity index (χ4n) is 5.79. The van der Waals surface area contributed by atoms with Gasteiger partial charge in [0.25, 0.3) is 0 Å². The van der Waals surface area contributed by atoms with Gasteiger partial charge in [-0.25, -0.2) is 14.2 Å². The Morgan fingerprint density at radius 3 is 2.51 bits per heavy atom. The summed E-state index contributed by atoms with van der Waals surface area (Å²) < 4.78 is 64.9. The number of nitrogens with zero attached hydrogens (tertiary/aromatic N) is 2. The summed E-state index contributed by atoms with van der Waals surface area (Å²) in [7, 11) is 0. The maximum absolute atomic E-state index is 15.4. The van der Waals surface area contributed by atoms with Gasteiger partial charge >= 0.3 is 12.1 Å². The topological polar surface area (TPSA) is 64.3 Å². The van der Waals surface area contributed by atoms with Crippen LogP contribution in [-0.2, 0) is 24.0 Å². The number of aromatic nitrogens is 2. The number of alkyl halides is 3. The summed E-state index contributed by atoms with van der Waals surface area (Å²) in [5, 5.41) is 9.71. The lowest BCUT2D eigenvalue weighted by atomic mass is 9.98. The van der Waals surface area contributed by atoms with Crippen molar-refractivity contribution in [3.8, 4) is 22.7 Å². The van der Waals surface area contributed by atoms with E-state index >= 15 is 4.39 Å². The fourth-order valence-corrected chi connectivity index (χ4v) is 5.79. The molecule has 0 amide bonds. The molecule has 2 heterocycles. The lowest BCUT2D eigenvalue weighted by Gasteiger charge is -2.12. The summed E-state index contributed by atoms with van der Waals surface area (Å²) >= 11 is 0. The Hall–Kier alpha value is -4.92. The van der Waals surface area contributed by atoms with E-state index in [1.54, 1.807) is 53.4 Å². The number of aliphatic carboxylic acids is 1. The van der Waals surface area contributed by atoms with Gasteiger partial charge in [-0.3, -0.25) is 0 Å². The lowest BCUT2D eigenvalue weighted by molar-refractivity contribution is -0.137. The quantitative estimate of drug-likeness (QED) is 0.221. The van der Waals surface area contributed by atoms with Crippen molar-refractivity contribution in [2.75, 3.05) is 0 Å². The van der Waals surface area contributed by atoms with Gasteiger partial charge in [0.1, 0.15) is 12.4 Å².